The highest BCUT2D eigenvalue weighted by molar-refractivity contribution is 14.1. The zero-order valence-electron chi connectivity index (χ0n) is 16.4. The first-order valence-corrected chi connectivity index (χ1v) is 11.0. The van der Waals surface area contributed by atoms with Gasteiger partial charge in [0, 0.05) is 35.4 Å². The van der Waals surface area contributed by atoms with E-state index in [0.717, 1.165) is 16.7 Å². The maximum absolute atomic E-state index is 13.2. The molecule has 30 heavy (non-hydrogen) atoms. The SMILES string of the molecule is O=C(Nc1ccccc1C(=O)N1CCN(c2ccccc2)CC1)c1ccccc1I. The molecule has 0 bridgehead atoms. The lowest BCUT2D eigenvalue weighted by molar-refractivity contribution is 0.0748. The van der Waals surface area contributed by atoms with Gasteiger partial charge in [-0.05, 0) is 59.0 Å². The van der Waals surface area contributed by atoms with Gasteiger partial charge >= 0.3 is 0 Å². The van der Waals surface area contributed by atoms with E-state index in [0.29, 0.717) is 29.9 Å². The van der Waals surface area contributed by atoms with Gasteiger partial charge < -0.3 is 15.1 Å². The van der Waals surface area contributed by atoms with Crippen molar-refractivity contribution in [1.29, 1.82) is 0 Å². The van der Waals surface area contributed by atoms with E-state index in [9.17, 15) is 9.59 Å². The van der Waals surface area contributed by atoms with E-state index < -0.39 is 0 Å². The monoisotopic (exact) mass is 511 g/mol. The molecule has 152 valence electrons. The van der Waals surface area contributed by atoms with Gasteiger partial charge in [-0.25, -0.2) is 0 Å². The second-order valence-electron chi connectivity index (χ2n) is 7.09. The number of anilines is 2. The van der Waals surface area contributed by atoms with Gasteiger partial charge in [0.2, 0.25) is 0 Å². The molecule has 1 fully saturated rings. The third kappa shape index (κ3) is 4.48. The molecule has 5 nitrogen and oxygen atoms in total. The maximum Gasteiger partial charge on any atom is 0.256 e. The molecule has 0 saturated carbocycles. The Balaban J connectivity index is 1.47. The molecule has 1 heterocycles. The van der Waals surface area contributed by atoms with Crippen LogP contribution in [0.3, 0.4) is 0 Å². The predicted molar refractivity (Wildman–Crippen MR) is 128 cm³/mol. The first-order valence-electron chi connectivity index (χ1n) is 9.87. The fourth-order valence-electron chi connectivity index (χ4n) is 3.59. The Morgan fingerprint density at radius 3 is 2.03 bits per heavy atom. The molecule has 3 aromatic rings. The van der Waals surface area contributed by atoms with Gasteiger partial charge in [-0.15, -0.1) is 0 Å². The Morgan fingerprint density at radius 1 is 0.733 bits per heavy atom. The number of halogens is 1. The normalized spacial score (nSPS) is 13.8. The summed E-state index contributed by atoms with van der Waals surface area (Å²) in [6, 6.07) is 24.9. The largest absolute Gasteiger partial charge is 0.368 e. The molecule has 4 rings (SSSR count). The molecule has 0 spiro atoms. The van der Waals surface area contributed by atoms with Crippen molar-refractivity contribution in [3.05, 3.63) is 93.6 Å². The number of carbonyl (C=O) groups is 2. The van der Waals surface area contributed by atoms with Crippen LogP contribution in [0.25, 0.3) is 0 Å². The van der Waals surface area contributed by atoms with Crippen molar-refractivity contribution in [1.82, 2.24) is 4.90 Å². The lowest BCUT2D eigenvalue weighted by atomic mass is 10.1. The average molecular weight is 511 g/mol. The molecule has 0 atom stereocenters. The third-order valence-electron chi connectivity index (χ3n) is 5.21. The summed E-state index contributed by atoms with van der Waals surface area (Å²) in [6.45, 7) is 2.86. The highest BCUT2D eigenvalue weighted by Gasteiger charge is 2.24. The molecule has 1 aliphatic rings. The number of nitrogens with zero attached hydrogens (tertiary/aromatic N) is 2. The zero-order chi connectivity index (χ0) is 20.9. The Morgan fingerprint density at radius 2 is 1.33 bits per heavy atom. The van der Waals surface area contributed by atoms with Crippen molar-refractivity contribution in [2.24, 2.45) is 0 Å². The molecule has 1 saturated heterocycles. The highest BCUT2D eigenvalue weighted by atomic mass is 127. The number of nitrogens with one attached hydrogen (secondary N) is 1. The Labute approximate surface area is 189 Å². The van der Waals surface area contributed by atoms with Crippen LogP contribution in [-0.4, -0.2) is 42.9 Å². The number of para-hydroxylation sites is 2. The van der Waals surface area contributed by atoms with Crippen molar-refractivity contribution >= 4 is 45.8 Å². The van der Waals surface area contributed by atoms with E-state index in [1.165, 1.54) is 5.69 Å². The van der Waals surface area contributed by atoms with Crippen LogP contribution in [0.4, 0.5) is 11.4 Å². The zero-order valence-corrected chi connectivity index (χ0v) is 18.6. The van der Waals surface area contributed by atoms with Crippen LogP contribution in [0.2, 0.25) is 0 Å². The summed E-state index contributed by atoms with van der Waals surface area (Å²) in [7, 11) is 0. The number of benzene rings is 3. The van der Waals surface area contributed by atoms with Crippen LogP contribution in [-0.2, 0) is 0 Å². The van der Waals surface area contributed by atoms with Gasteiger partial charge in [-0.1, -0.05) is 42.5 Å². The van der Waals surface area contributed by atoms with Crippen molar-refractivity contribution in [2.75, 3.05) is 36.4 Å². The lowest BCUT2D eigenvalue weighted by Gasteiger charge is -2.36. The smallest absolute Gasteiger partial charge is 0.256 e. The Bertz CT molecular complexity index is 1050. The maximum atomic E-state index is 13.2. The van der Waals surface area contributed by atoms with E-state index in [4.69, 9.17) is 0 Å². The topological polar surface area (TPSA) is 52.7 Å². The number of carbonyl (C=O) groups excluding carboxylic acids is 2. The summed E-state index contributed by atoms with van der Waals surface area (Å²) in [4.78, 5) is 30.1. The fraction of sp³-hybridized carbons (Fsp3) is 0.167. The first kappa shape index (κ1) is 20.4. The van der Waals surface area contributed by atoms with Crippen LogP contribution in [0.1, 0.15) is 20.7 Å². The molecule has 6 heteroatoms. The molecular weight excluding hydrogens is 489 g/mol. The second-order valence-corrected chi connectivity index (χ2v) is 8.26. The quantitative estimate of drug-likeness (QED) is 0.525. The summed E-state index contributed by atoms with van der Waals surface area (Å²) < 4.78 is 0.869. The minimum atomic E-state index is -0.214. The number of rotatable bonds is 4. The standard InChI is InChI=1S/C24H22IN3O2/c25-21-12-6-4-10-19(21)23(29)26-22-13-7-5-11-20(22)24(30)28-16-14-27(15-17-28)18-8-2-1-3-9-18/h1-13H,14-17H2,(H,26,29). The molecule has 3 aromatic carbocycles. The summed E-state index contributed by atoms with van der Waals surface area (Å²) in [5.41, 5.74) is 2.83. The number of amides is 2. The van der Waals surface area contributed by atoms with Gasteiger partial charge in [-0.3, -0.25) is 9.59 Å². The highest BCUT2D eigenvalue weighted by Crippen LogP contribution is 2.22. The Kier molecular flexibility index (Phi) is 6.32. The number of hydrogen-bond acceptors (Lipinski definition) is 3. The van der Waals surface area contributed by atoms with Crippen molar-refractivity contribution in [3.63, 3.8) is 0 Å². The summed E-state index contributed by atoms with van der Waals surface area (Å²) in [5.74, 6) is -0.268. The molecule has 1 aliphatic heterocycles. The van der Waals surface area contributed by atoms with E-state index in [1.54, 1.807) is 18.2 Å². The summed E-state index contributed by atoms with van der Waals surface area (Å²) >= 11 is 2.14. The molecular formula is C24H22IN3O2. The average Bonchev–Trinajstić information content (AvgIpc) is 2.80. The number of hydrogen-bond donors (Lipinski definition) is 1. The van der Waals surface area contributed by atoms with E-state index in [1.807, 2.05) is 53.4 Å². The molecule has 0 unspecified atom stereocenters. The fourth-order valence-corrected chi connectivity index (χ4v) is 4.22. The van der Waals surface area contributed by atoms with Gasteiger partial charge in [0.05, 0.1) is 16.8 Å². The predicted octanol–water partition coefficient (Wildman–Crippen LogP) is 4.51. The number of piperazine rings is 1. The minimum Gasteiger partial charge on any atom is -0.368 e. The minimum absolute atomic E-state index is 0.0543. The van der Waals surface area contributed by atoms with Crippen LogP contribution in [0, 0.1) is 3.57 Å². The van der Waals surface area contributed by atoms with Crippen LogP contribution >= 0.6 is 22.6 Å². The second kappa shape index (κ2) is 9.30. The third-order valence-corrected chi connectivity index (χ3v) is 6.15. The van der Waals surface area contributed by atoms with Gasteiger partial charge in [0.15, 0.2) is 0 Å². The molecule has 2 amide bonds. The van der Waals surface area contributed by atoms with Crippen molar-refractivity contribution in [3.8, 4) is 0 Å². The Hall–Kier alpha value is -2.87. The van der Waals surface area contributed by atoms with E-state index in [-0.39, 0.29) is 11.8 Å². The van der Waals surface area contributed by atoms with Crippen molar-refractivity contribution in [2.45, 2.75) is 0 Å². The van der Waals surface area contributed by atoms with E-state index in [2.05, 4.69) is 44.9 Å². The van der Waals surface area contributed by atoms with Crippen LogP contribution in [0.15, 0.2) is 78.9 Å². The molecule has 1 N–H and O–H groups in total. The first-order chi connectivity index (χ1) is 14.6. The van der Waals surface area contributed by atoms with Gasteiger partial charge in [0.1, 0.15) is 0 Å². The van der Waals surface area contributed by atoms with E-state index >= 15 is 0 Å². The lowest BCUT2D eigenvalue weighted by Crippen LogP contribution is -2.48. The summed E-state index contributed by atoms with van der Waals surface area (Å²) in [5, 5.41) is 2.92. The molecule has 0 aromatic heterocycles. The molecule has 0 aliphatic carbocycles. The van der Waals surface area contributed by atoms with Crippen LogP contribution in [0.5, 0.6) is 0 Å². The van der Waals surface area contributed by atoms with Gasteiger partial charge in [0.25, 0.3) is 11.8 Å². The van der Waals surface area contributed by atoms with Gasteiger partial charge in [-0.2, -0.15) is 0 Å². The van der Waals surface area contributed by atoms with Crippen LogP contribution < -0.4 is 10.2 Å². The van der Waals surface area contributed by atoms with Crippen molar-refractivity contribution < 1.29 is 9.59 Å². The molecule has 0 radical (unpaired) electrons. The summed E-state index contributed by atoms with van der Waals surface area (Å²) in [6.07, 6.45) is 0.